The first kappa shape index (κ1) is 7.42. The number of hydrogen-bond acceptors (Lipinski definition) is 2. The zero-order valence-corrected chi connectivity index (χ0v) is 7.16. The van der Waals surface area contributed by atoms with E-state index in [-0.39, 0.29) is 0 Å². The predicted molar refractivity (Wildman–Crippen MR) is 43.9 cm³/mol. The molecule has 1 N–H and O–H groups in total. The molecule has 54 valence electrons. The molecule has 1 fully saturated rings. The fourth-order valence-electron chi connectivity index (χ4n) is 1.24. The quantitative estimate of drug-likeness (QED) is 0.602. The third-order valence-corrected chi connectivity index (χ3v) is 3.44. The summed E-state index contributed by atoms with van der Waals surface area (Å²) in [7, 11) is 2.02. The molecule has 0 aromatic rings. The van der Waals surface area contributed by atoms with Crippen molar-refractivity contribution in [3.63, 3.8) is 0 Å². The molecule has 0 aromatic carbocycles. The Morgan fingerprint density at radius 2 is 2.22 bits per heavy atom. The van der Waals surface area contributed by atoms with E-state index in [9.17, 15) is 0 Å². The average Bonchev–Trinajstić information content (AvgIpc) is 2.47. The highest BCUT2D eigenvalue weighted by molar-refractivity contribution is 8.07. The number of thioether (sulfide) groups is 1. The Bertz CT molecular complexity index is 94.9. The third kappa shape index (κ3) is 1.87. The molecule has 1 heterocycles. The van der Waals surface area contributed by atoms with Crippen molar-refractivity contribution in [2.75, 3.05) is 13.6 Å². The molecule has 1 nitrogen and oxygen atoms in total. The molecular formula is C7H15NS. The van der Waals surface area contributed by atoms with E-state index in [0.717, 1.165) is 16.4 Å². The first-order valence-corrected chi connectivity index (χ1v) is 4.50. The minimum atomic E-state index is 0.856. The topological polar surface area (TPSA) is 12.0 Å². The van der Waals surface area contributed by atoms with Crippen LogP contribution in [0.25, 0.3) is 0 Å². The highest BCUT2D eigenvalue weighted by Crippen LogP contribution is 2.45. The molecule has 0 aliphatic carbocycles. The first-order valence-electron chi connectivity index (χ1n) is 3.55. The van der Waals surface area contributed by atoms with Crippen LogP contribution in [0.4, 0.5) is 0 Å². The molecule has 9 heavy (non-hydrogen) atoms. The van der Waals surface area contributed by atoms with Crippen molar-refractivity contribution in [2.45, 2.75) is 24.3 Å². The molecule has 0 amide bonds. The molecule has 0 bridgehead atoms. The van der Waals surface area contributed by atoms with Crippen molar-refractivity contribution in [2.24, 2.45) is 5.92 Å². The van der Waals surface area contributed by atoms with Gasteiger partial charge in [-0.25, -0.2) is 0 Å². The minimum absolute atomic E-state index is 0.856. The number of nitrogens with one attached hydrogen (secondary N) is 1. The van der Waals surface area contributed by atoms with Crippen molar-refractivity contribution < 1.29 is 0 Å². The monoisotopic (exact) mass is 145 g/mol. The van der Waals surface area contributed by atoms with Crippen LogP contribution < -0.4 is 5.32 Å². The van der Waals surface area contributed by atoms with Gasteiger partial charge in [-0.3, -0.25) is 0 Å². The second-order valence-electron chi connectivity index (χ2n) is 2.84. The van der Waals surface area contributed by atoms with E-state index >= 15 is 0 Å². The van der Waals surface area contributed by atoms with Crippen molar-refractivity contribution in [3.05, 3.63) is 0 Å². The van der Waals surface area contributed by atoms with E-state index in [4.69, 9.17) is 0 Å². The van der Waals surface area contributed by atoms with Crippen LogP contribution in [0.1, 0.15) is 13.8 Å². The van der Waals surface area contributed by atoms with Crippen molar-refractivity contribution in [3.8, 4) is 0 Å². The van der Waals surface area contributed by atoms with Gasteiger partial charge in [-0.2, -0.15) is 11.8 Å². The van der Waals surface area contributed by atoms with E-state index < -0.39 is 0 Å². The molecule has 0 aromatic heterocycles. The van der Waals surface area contributed by atoms with Gasteiger partial charge in [0.05, 0.1) is 0 Å². The minimum Gasteiger partial charge on any atom is -0.319 e. The molecule has 3 unspecified atom stereocenters. The molecule has 1 aliphatic rings. The van der Waals surface area contributed by atoms with Crippen LogP contribution in [0.2, 0.25) is 0 Å². The zero-order chi connectivity index (χ0) is 6.85. The molecule has 0 spiro atoms. The van der Waals surface area contributed by atoms with Crippen LogP contribution in [0.3, 0.4) is 0 Å². The average molecular weight is 145 g/mol. The Balaban J connectivity index is 2.11. The van der Waals surface area contributed by atoms with Gasteiger partial charge in [0.25, 0.3) is 0 Å². The summed E-state index contributed by atoms with van der Waals surface area (Å²) in [6.45, 7) is 5.79. The largest absolute Gasteiger partial charge is 0.319 e. The highest BCUT2D eigenvalue weighted by atomic mass is 32.2. The summed E-state index contributed by atoms with van der Waals surface area (Å²) in [6.07, 6.45) is 0. The lowest BCUT2D eigenvalue weighted by atomic mass is 10.1. The van der Waals surface area contributed by atoms with Gasteiger partial charge in [-0.05, 0) is 19.5 Å². The summed E-state index contributed by atoms with van der Waals surface area (Å²) in [6, 6.07) is 0. The summed E-state index contributed by atoms with van der Waals surface area (Å²) in [5.41, 5.74) is 0. The maximum Gasteiger partial charge on any atom is 0.0204 e. The van der Waals surface area contributed by atoms with Gasteiger partial charge < -0.3 is 5.32 Å². The van der Waals surface area contributed by atoms with Crippen LogP contribution in [-0.2, 0) is 0 Å². The Hall–Kier alpha value is 0.310. The maximum absolute atomic E-state index is 3.20. The van der Waals surface area contributed by atoms with Gasteiger partial charge in [0, 0.05) is 10.5 Å². The van der Waals surface area contributed by atoms with Crippen LogP contribution in [0, 0.1) is 5.92 Å². The molecule has 1 saturated heterocycles. The van der Waals surface area contributed by atoms with E-state index in [1.165, 1.54) is 6.54 Å². The normalized spacial score (nSPS) is 36.3. The Morgan fingerprint density at radius 3 is 2.56 bits per heavy atom. The Kier molecular flexibility index (Phi) is 2.42. The molecule has 0 radical (unpaired) electrons. The van der Waals surface area contributed by atoms with Gasteiger partial charge in [-0.15, -0.1) is 0 Å². The summed E-state index contributed by atoms with van der Waals surface area (Å²) < 4.78 is 0. The van der Waals surface area contributed by atoms with Crippen LogP contribution >= 0.6 is 11.8 Å². The van der Waals surface area contributed by atoms with Crippen molar-refractivity contribution in [1.82, 2.24) is 5.32 Å². The SMILES string of the molecule is CNCC(C)C1SC1C. The lowest BCUT2D eigenvalue weighted by molar-refractivity contribution is 0.546. The van der Waals surface area contributed by atoms with Crippen molar-refractivity contribution in [1.29, 1.82) is 0 Å². The van der Waals surface area contributed by atoms with Gasteiger partial charge in [0.2, 0.25) is 0 Å². The van der Waals surface area contributed by atoms with E-state index in [0.29, 0.717) is 0 Å². The molecule has 3 atom stereocenters. The molecule has 1 aliphatic heterocycles. The van der Waals surface area contributed by atoms with Crippen LogP contribution in [0.15, 0.2) is 0 Å². The lowest BCUT2D eigenvalue weighted by Crippen LogP contribution is -2.20. The van der Waals surface area contributed by atoms with Crippen molar-refractivity contribution >= 4 is 11.8 Å². The second-order valence-corrected chi connectivity index (χ2v) is 4.40. The summed E-state index contributed by atoms with van der Waals surface area (Å²) in [4.78, 5) is 0. The Morgan fingerprint density at radius 1 is 1.67 bits per heavy atom. The molecule has 0 saturated carbocycles. The van der Waals surface area contributed by atoms with Crippen LogP contribution in [-0.4, -0.2) is 24.1 Å². The second kappa shape index (κ2) is 2.93. The summed E-state index contributed by atoms with van der Waals surface area (Å²) >= 11 is 2.10. The smallest absolute Gasteiger partial charge is 0.0204 e. The first-order chi connectivity index (χ1) is 4.25. The van der Waals surface area contributed by atoms with Gasteiger partial charge in [0.1, 0.15) is 0 Å². The molecule has 2 heteroatoms. The molecule has 1 rings (SSSR count). The summed E-state index contributed by atoms with van der Waals surface area (Å²) in [5, 5.41) is 5.06. The van der Waals surface area contributed by atoms with Gasteiger partial charge >= 0.3 is 0 Å². The highest BCUT2D eigenvalue weighted by Gasteiger charge is 2.37. The van der Waals surface area contributed by atoms with E-state index in [1.807, 2.05) is 7.05 Å². The number of hydrogen-bond donors (Lipinski definition) is 1. The number of rotatable bonds is 3. The van der Waals surface area contributed by atoms with E-state index in [2.05, 4.69) is 30.9 Å². The molecular weight excluding hydrogens is 130 g/mol. The standard InChI is InChI=1S/C7H15NS/c1-5(4-8-3)7-6(2)9-7/h5-8H,4H2,1-3H3. The fourth-order valence-corrected chi connectivity index (χ4v) is 2.28. The Labute approximate surface area is 61.6 Å². The fraction of sp³-hybridized carbons (Fsp3) is 1.00. The van der Waals surface area contributed by atoms with Gasteiger partial charge in [0.15, 0.2) is 0 Å². The third-order valence-electron chi connectivity index (χ3n) is 1.84. The lowest BCUT2D eigenvalue weighted by Gasteiger charge is -2.06. The predicted octanol–water partition coefficient (Wildman–Crippen LogP) is 1.35. The van der Waals surface area contributed by atoms with E-state index in [1.54, 1.807) is 0 Å². The van der Waals surface area contributed by atoms with Gasteiger partial charge in [-0.1, -0.05) is 13.8 Å². The van der Waals surface area contributed by atoms with Crippen LogP contribution in [0.5, 0.6) is 0 Å². The zero-order valence-electron chi connectivity index (χ0n) is 6.35. The maximum atomic E-state index is 3.20. The summed E-state index contributed by atoms with van der Waals surface area (Å²) in [5.74, 6) is 0.856.